The Labute approximate surface area is 183 Å². The third kappa shape index (κ3) is 4.50. The minimum Gasteiger partial charge on any atom is -0.497 e. The van der Waals surface area contributed by atoms with E-state index < -0.39 is 0 Å². The van der Waals surface area contributed by atoms with E-state index in [9.17, 15) is 9.59 Å². The van der Waals surface area contributed by atoms with Gasteiger partial charge >= 0.3 is 0 Å². The Morgan fingerprint density at radius 1 is 1.10 bits per heavy atom. The van der Waals surface area contributed by atoms with Gasteiger partial charge in [0.1, 0.15) is 11.5 Å². The summed E-state index contributed by atoms with van der Waals surface area (Å²) in [5.74, 6) is 1.83. The molecule has 0 unspecified atom stereocenters. The summed E-state index contributed by atoms with van der Waals surface area (Å²) in [5.41, 5.74) is 1.78. The summed E-state index contributed by atoms with van der Waals surface area (Å²) in [6.07, 6.45) is 4.17. The zero-order chi connectivity index (χ0) is 22.0. The van der Waals surface area contributed by atoms with Gasteiger partial charge in [0.25, 0.3) is 0 Å². The molecule has 2 aromatic rings. The number of Topliss-reactive ketones (excluding diaryl/α,β-unsaturated/α-hetero) is 1. The van der Waals surface area contributed by atoms with Crippen LogP contribution in [0.5, 0.6) is 5.75 Å². The predicted molar refractivity (Wildman–Crippen MR) is 120 cm³/mol. The fourth-order valence-electron chi connectivity index (χ4n) is 4.87. The largest absolute Gasteiger partial charge is 0.497 e. The first-order valence-electron chi connectivity index (χ1n) is 11.4. The van der Waals surface area contributed by atoms with Crippen molar-refractivity contribution in [1.29, 1.82) is 0 Å². The van der Waals surface area contributed by atoms with Gasteiger partial charge in [-0.2, -0.15) is 0 Å². The van der Waals surface area contributed by atoms with Gasteiger partial charge in [-0.05, 0) is 44.7 Å². The Kier molecular flexibility index (Phi) is 6.39. The van der Waals surface area contributed by atoms with E-state index in [1.54, 1.807) is 7.11 Å². The summed E-state index contributed by atoms with van der Waals surface area (Å²) in [6, 6.07) is 5.84. The number of ketones is 1. The molecule has 4 rings (SSSR count). The average molecular weight is 425 g/mol. The molecule has 0 bridgehead atoms. The van der Waals surface area contributed by atoms with Gasteiger partial charge in [0, 0.05) is 50.0 Å². The van der Waals surface area contributed by atoms with E-state index in [4.69, 9.17) is 14.7 Å². The topological polar surface area (TPSA) is 75.6 Å². The molecule has 1 aromatic heterocycles. The maximum atomic E-state index is 13.3. The molecule has 0 spiro atoms. The molecule has 3 heterocycles. The number of hydrogen-bond acceptors (Lipinski definition) is 6. The van der Waals surface area contributed by atoms with E-state index in [0.29, 0.717) is 25.5 Å². The monoisotopic (exact) mass is 424 g/mol. The van der Waals surface area contributed by atoms with Crippen molar-refractivity contribution in [2.45, 2.75) is 46.0 Å². The maximum Gasteiger partial charge on any atom is 0.227 e. The quantitative estimate of drug-likeness (QED) is 0.732. The highest BCUT2D eigenvalue weighted by Gasteiger charge is 2.34. The van der Waals surface area contributed by atoms with Crippen molar-refractivity contribution in [3.05, 3.63) is 23.9 Å². The minimum absolute atomic E-state index is 0.00356. The molecule has 0 radical (unpaired) electrons. The molecular weight excluding hydrogens is 392 g/mol. The SMILES string of the molecule is CCC(=O)[C@@H]1CCCN(C(=O)[C@H]2CCCN(c3nc(C)c4ccc(OC)cc4n3)C2)C1. The molecule has 166 valence electrons. The molecule has 1 aromatic carbocycles. The molecular formula is C24H32N4O3. The summed E-state index contributed by atoms with van der Waals surface area (Å²) in [4.78, 5) is 39.0. The van der Waals surface area contributed by atoms with Crippen molar-refractivity contribution in [2.24, 2.45) is 11.8 Å². The summed E-state index contributed by atoms with van der Waals surface area (Å²) >= 11 is 0. The van der Waals surface area contributed by atoms with Crippen molar-refractivity contribution >= 4 is 28.5 Å². The third-order valence-corrected chi connectivity index (χ3v) is 6.67. The first kappa shape index (κ1) is 21.5. The molecule has 0 aliphatic carbocycles. The first-order valence-corrected chi connectivity index (χ1v) is 11.4. The van der Waals surface area contributed by atoms with Crippen LogP contribution in [-0.4, -0.2) is 59.8 Å². The number of benzene rings is 1. The van der Waals surface area contributed by atoms with E-state index >= 15 is 0 Å². The number of aromatic nitrogens is 2. The zero-order valence-corrected chi connectivity index (χ0v) is 18.8. The van der Waals surface area contributed by atoms with E-state index in [0.717, 1.165) is 61.1 Å². The van der Waals surface area contributed by atoms with Gasteiger partial charge in [-0.1, -0.05) is 6.92 Å². The lowest BCUT2D eigenvalue weighted by Gasteiger charge is -2.38. The van der Waals surface area contributed by atoms with Crippen LogP contribution in [0.1, 0.15) is 44.7 Å². The highest BCUT2D eigenvalue weighted by molar-refractivity contribution is 5.85. The van der Waals surface area contributed by atoms with E-state index in [1.807, 2.05) is 36.9 Å². The van der Waals surface area contributed by atoms with E-state index in [2.05, 4.69) is 4.90 Å². The lowest BCUT2D eigenvalue weighted by molar-refractivity contribution is -0.139. The first-order chi connectivity index (χ1) is 15.0. The van der Waals surface area contributed by atoms with Gasteiger partial charge in [0.2, 0.25) is 11.9 Å². The number of amides is 1. The zero-order valence-electron chi connectivity index (χ0n) is 18.8. The Morgan fingerprint density at radius 2 is 1.87 bits per heavy atom. The summed E-state index contributed by atoms with van der Waals surface area (Å²) in [5, 5.41) is 1.01. The van der Waals surface area contributed by atoms with Crippen LogP contribution in [0.25, 0.3) is 10.9 Å². The number of aryl methyl sites for hydroxylation is 1. The molecule has 0 N–H and O–H groups in total. The lowest BCUT2D eigenvalue weighted by atomic mass is 9.90. The van der Waals surface area contributed by atoms with Crippen LogP contribution in [0.2, 0.25) is 0 Å². The van der Waals surface area contributed by atoms with E-state index in [-0.39, 0.29) is 23.5 Å². The molecule has 0 saturated carbocycles. The molecule has 7 nitrogen and oxygen atoms in total. The van der Waals surface area contributed by atoms with Crippen LogP contribution in [0.4, 0.5) is 5.95 Å². The maximum absolute atomic E-state index is 13.3. The average Bonchev–Trinajstić information content (AvgIpc) is 2.82. The second-order valence-corrected chi connectivity index (χ2v) is 8.72. The Morgan fingerprint density at radius 3 is 2.65 bits per heavy atom. The van der Waals surface area contributed by atoms with Crippen LogP contribution in [0.15, 0.2) is 18.2 Å². The highest BCUT2D eigenvalue weighted by Crippen LogP contribution is 2.28. The van der Waals surface area contributed by atoms with Gasteiger partial charge in [0.05, 0.1) is 24.2 Å². The fraction of sp³-hybridized carbons (Fsp3) is 0.583. The van der Waals surface area contributed by atoms with E-state index in [1.165, 1.54) is 0 Å². The van der Waals surface area contributed by atoms with Crippen molar-refractivity contribution in [1.82, 2.24) is 14.9 Å². The van der Waals surface area contributed by atoms with Crippen LogP contribution in [0, 0.1) is 18.8 Å². The molecule has 7 heteroatoms. The second kappa shape index (κ2) is 9.20. The van der Waals surface area contributed by atoms with Crippen LogP contribution < -0.4 is 9.64 Å². The number of piperidine rings is 2. The van der Waals surface area contributed by atoms with Crippen molar-refractivity contribution in [3.63, 3.8) is 0 Å². The summed E-state index contributed by atoms with van der Waals surface area (Å²) in [7, 11) is 1.65. The number of likely N-dealkylation sites (tertiary alicyclic amines) is 1. The van der Waals surface area contributed by atoms with Gasteiger partial charge in [0.15, 0.2) is 0 Å². The molecule has 2 aliphatic rings. The minimum atomic E-state index is -0.0749. The van der Waals surface area contributed by atoms with Crippen molar-refractivity contribution < 1.29 is 14.3 Å². The Hall–Kier alpha value is -2.70. The number of carbonyl (C=O) groups excluding carboxylic acids is 2. The summed E-state index contributed by atoms with van der Waals surface area (Å²) in [6.45, 7) is 6.70. The van der Waals surface area contributed by atoms with Gasteiger partial charge < -0.3 is 14.5 Å². The molecule has 2 atom stereocenters. The normalized spacial score (nSPS) is 21.9. The third-order valence-electron chi connectivity index (χ3n) is 6.67. The molecule has 1 amide bonds. The van der Waals surface area contributed by atoms with Gasteiger partial charge in [-0.15, -0.1) is 0 Å². The standard InChI is InChI=1S/C24H32N4O3/c1-4-22(29)17-7-5-11-27(14-17)23(30)18-8-6-12-28(15-18)24-25-16(2)20-10-9-19(31-3)13-21(20)26-24/h9-10,13,17-18H,4-8,11-12,14-15H2,1-3H3/t17-,18+/m1/s1. The number of fused-ring (bicyclic) bond motifs is 1. The van der Waals surface area contributed by atoms with Crippen molar-refractivity contribution in [3.8, 4) is 5.75 Å². The van der Waals surface area contributed by atoms with Crippen LogP contribution in [-0.2, 0) is 9.59 Å². The fourth-order valence-corrected chi connectivity index (χ4v) is 4.87. The smallest absolute Gasteiger partial charge is 0.227 e. The lowest BCUT2D eigenvalue weighted by Crippen LogP contribution is -2.49. The number of carbonyl (C=O) groups is 2. The number of rotatable bonds is 5. The van der Waals surface area contributed by atoms with Gasteiger partial charge in [-0.3, -0.25) is 9.59 Å². The number of ether oxygens (including phenoxy) is 1. The second-order valence-electron chi connectivity index (χ2n) is 8.72. The molecule has 2 saturated heterocycles. The van der Waals surface area contributed by atoms with Crippen LogP contribution in [0.3, 0.4) is 0 Å². The number of methoxy groups -OCH3 is 1. The Bertz CT molecular complexity index is 977. The Balaban J connectivity index is 1.50. The number of anilines is 1. The molecule has 31 heavy (non-hydrogen) atoms. The van der Waals surface area contributed by atoms with Crippen molar-refractivity contribution in [2.75, 3.05) is 38.2 Å². The summed E-state index contributed by atoms with van der Waals surface area (Å²) < 4.78 is 5.35. The number of nitrogens with zero attached hydrogens (tertiary/aromatic N) is 4. The van der Waals surface area contributed by atoms with Crippen LogP contribution >= 0.6 is 0 Å². The predicted octanol–water partition coefficient (Wildman–Crippen LogP) is 3.38. The molecule has 2 aliphatic heterocycles. The van der Waals surface area contributed by atoms with Gasteiger partial charge in [-0.25, -0.2) is 9.97 Å². The molecule has 2 fully saturated rings. The number of hydrogen-bond donors (Lipinski definition) is 0. The highest BCUT2D eigenvalue weighted by atomic mass is 16.5.